The van der Waals surface area contributed by atoms with Gasteiger partial charge in [0.1, 0.15) is 11.3 Å². The molecule has 0 atom stereocenters. The summed E-state index contributed by atoms with van der Waals surface area (Å²) in [7, 11) is 0. The van der Waals surface area contributed by atoms with Crippen molar-refractivity contribution in [2.24, 2.45) is 5.92 Å². The summed E-state index contributed by atoms with van der Waals surface area (Å²) >= 11 is 0. The molecular formula is C27H27NO5. The van der Waals surface area contributed by atoms with Crippen LogP contribution in [0.5, 0.6) is 5.75 Å². The molecule has 1 aliphatic heterocycles. The number of amides is 1. The third-order valence-corrected chi connectivity index (χ3v) is 6.08. The molecule has 6 heteroatoms. The van der Waals surface area contributed by atoms with Gasteiger partial charge in [0.2, 0.25) is 5.91 Å². The Morgan fingerprint density at radius 2 is 1.85 bits per heavy atom. The highest BCUT2D eigenvalue weighted by molar-refractivity contribution is 5.92. The largest absolute Gasteiger partial charge is 0.426 e. The quantitative estimate of drug-likeness (QED) is 0.250. The van der Waals surface area contributed by atoms with Gasteiger partial charge in [-0.05, 0) is 55.0 Å². The smallest absolute Gasteiger partial charge is 0.336 e. The topological polar surface area (TPSA) is 76.8 Å². The number of fused-ring (bicyclic) bond motifs is 1. The maximum atomic E-state index is 12.9. The van der Waals surface area contributed by atoms with E-state index in [-0.39, 0.29) is 17.8 Å². The van der Waals surface area contributed by atoms with Crippen molar-refractivity contribution in [3.05, 3.63) is 81.7 Å². The second-order valence-corrected chi connectivity index (χ2v) is 8.32. The van der Waals surface area contributed by atoms with Crippen LogP contribution in [0, 0.1) is 12.8 Å². The first-order valence-electron chi connectivity index (χ1n) is 11.3. The molecule has 0 saturated carbocycles. The summed E-state index contributed by atoms with van der Waals surface area (Å²) in [6.45, 7) is 4.85. The molecule has 1 aliphatic rings. The number of likely N-dealkylation sites (tertiary alicyclic amines) is 1. The lowest BCUT2D eigenvalue weighted by molar-refractivity contribution is -0.142. The zero-order valence-electron chi connectivity index (χ0n) is 18.9. The zero-order chi connectivity index (χ0) is 23.4. The molecule has 1 aromatic heterocycles. The van der Waals surface area contributed by atoms with Gasteiger partial charge in [-0.15, -0.1) is 0 Å². The molecule has 170 valence electrons. The Morgan fingerprint density at radius 3 is 2.55 bits per heavy atom. The fourth-order valence-corrected chi connectivity index (χ4v) is 4.13. The molecule has 2 aromatic carbocycles. The van der Waals surface area contributed by atoms with Crippen LogP contribution in [-0.2, 0) is 16.0 Å². The number of rotatable bonds is 5. The second-order valence-electron chi connectivity index (χ2n) is 8.32. The number of nitrogens with zero attached hydrogens (tertiary/aromatic N) is 1. The minimum atomic E-state index is -0.431. The van der Waals surface area contributed by atoms with Crippen molar-refractivity contribution in [1.29, 1.82) is 0 Å². The van der Waals surface area contributed by atoms with Crippen LogP contribution >= 0.6 is 0 Å². The van der Waals surface area contributed by atoms with Gasteiger partial charge in [-0.2, -0.15) is 0 Å². The third-order valence-electron chi connectivity index (χ3n) is 6.08. The summed E-state index contributed by atoms with van der Waals surface area (Å²) in [5.41, 5.74) is 2.65. The first-order valence-corrected chi connectivity index (χ1v) is 11.3. The molecule has 33 heavy (non-hydrogen) atoms. The Morgan fingerprint density at radius 1 is 1.12 bits per heavy atom. The summed E-state index contributed by atoms with van der Waals surface area (Å²) in [5, 5.41) is 0.835. The van der Waals surface area contributed by atoms with E-state index in [9.17, 15) is 14.4 Å². The molecule has 6 nitrogen and oxygen atoms in total. The lowest BCUT2D eigenvalue weighted by Crippen LogP contribution is -2.40. The maximum Gasteiger partial charge on any atom is 0.336 e. The first kappa shape index (κ1) is 22.5. The Labute approximate surface area is 192 Å². The minimum absolute atomic E-state index is 0.0566. The SMILES string of the molecule is CCc1cc2c(C)cc(=O)oc2cc1OC(=O)C1CCN(C(=O)/C=C/c2ccccc2)CC1. The predicted octanol–water partition coefficient (Wildman–Crippen LogP) is 4.52. The van der Waals surface area contributed by atoms with Gasteiger partial charge in [0.05, 0.1) is 5.92 Å². The molecule has 0 N–H and O–H groups in total. The molecule has 1 fully saturated rings. The Hall–Kier alpha value is -3.67. The Bertz CT molecular complexity index is 1250. The van der Waals surface area contributed by atoms with E-state index in [2.05, 4.69) is 0 Å². The molecule has 0 radical (unpaired) electrons. The van der Waals surface area contributed by atoms with Gasteiger partial charge in [-0.25, -0.2) is 4.79 Å². The third kappa shape index (κ3) is 5.22. The number of hydrogen-bond donors (Lipinski definition) is 0. The number of ether oxygens (including phenoxy) is 1. The monoisotopic (exact) mass is 445 g/mol. The van der Waals surface area contributed by atoms with Crippen LogP contribution in [0.4, 0.5) is 0 Å². The van der Waals surface area contributed by atoms with Crippen LogP contribution in [0.3, 0.4) is 0 Å². The molecule has 0 unspecified atom stereocenters. The van der Waals surface area contributed by atoms with Crippen molar-refractivity contribution in [3.8, 4) is 5.75 Å². The van der Waals surface area contributed by atoms with E-state index in [4.69, 9.17) is 9.15 Å². The molecule has 1 amide bonds. The number of hydrogen-bond acceptors (Lipinski definition) is 5. The van der Waals surface area contributed by atoms with Gasteiger partial charge in [-0.3, -0.25) is 9.59 Å². The molecule has 1 saturated heterocycles. The summed E-state index contributed by atoms with van der Waals surface area (Å²) in [5.74, 6) is -0.227. The van der Waals surface area contributed by atoms with E-state index in [1.165, 1.54) is 6.07 Å². The van der Waals surface area contributed by atoms with E-state index in [0.717, 1.165) is 22.1 Å². The number of carbonyl (C=O) groups is 2. The highest BCUT2D eigenvalue weighted by Crippen LogP contribution is 2.29. The highest BCUT2D eigenvalue weighted by Gasteiger charge is 2.28. The van der Waals surface area contributed by atoms with E-state index >= 15 is 0 Å². The zero-order valence-corrected chi connectivity index (χ0v) is 18.9. The number of aryl methyl sites for hydroxylation is 2. The van der Waals surface area contributed by atoms with Crippen molar-refractivity contribution in [2.75, 3.05) is 13.1 Å². The fraction of sp³-hybridized carbons (Fsp3) is 0.296. The number of esters is 1. The van der Waals surface area contributed by atoms with Gasteiger partial charge in [-0.1, -0.05) is 37.3 Å². The number of carbonyl (C=O) groups excluding carboxylic acids is 2. The van der Waals surface area contributed by atoms with Crippen LogP contribution in [-0.4, -0.2) is 29.9 Å². The van der Waals surface area contributed by atoms with Crippen molar-refractivity contribution < 1.29 is 18.7 Å². The summed E-state index contributed by atoms with van der Waals surface area (Å²) in [4.78, 5) is 38.8. The van der Waals surface area contributed by atoms with Gasteiger partial charge in [0.15, 0.2) is 0 Å². The predicted molar refractivity (Wildman–Crippen MR) is 127 cm³/mol. The second kappa shape index (κ2) is 9.86. The van der Waals surface area contributed by atoms with Crippen LogP contribution < -0.4 is 10.4 Å². The standard InChI is InChI=1S/C27H27NO5/c1-3-20-16-22-18(2)15-26(30)32-24(22)17-23(20)33-27(31)21-11-13-28(14-12-21)25(29)10-9-19-7-5-4-6-8-19/h4-10,15-17,21H,3,11-14H2,1-2H3/b10-9+. The summed E-state index contributed by atoms with van der Waals surface area (Å²) in [6, 6.07) is 14.7. The molecule has 4 rings (SSSR count). The van der Waals surface area contributed by atoms with Crippen LogP contribution in [0.15, 0.2) is 63.8 Å². The Balaban J connectivity index is 1.40. The van der Waals surface area contributed by atoms with Crippen molar-refractivity contribution in [2.45, 2.75) is 33.1 Å². The van der Waals surface area contributed by atoms with Crippen LogP contribution in [0.1, 0.15) is 36.5 Å². The average molecular weight is 446 g/mol. The van der Waals surface area contributed by atoms with Gasteiger partial charge >= 0.3 is 11.6 Å². The van der Waals surface area contributed by atoms with E-state index in [1.807, 2.05) is 50.2 Å². The number of benzene rings is 2. The molecule has 0 aliphatic carbocycles. The molecule has 2 heterocycles. The molecule has 0 bridgehead atoms. The van der Waals surface area contributed by atoms with Crippen LogP contribution in [0.25, 0.3) is 17.0 Å². The highest BCUT2D eigenvalue weighted by atomic mass is 16.5. The normalized spacial score (nSPS) is 14.7. The van der Waals surface area contributed by atoms with Gasteiger partial charge in [0, 0.05) is 36.7 Å². The van der Waals surface area contributed by atoms with Crippen LogP contribution in [0.2, 0.25) is 0 Å². The van der Waals surface area contributed by atoms with Crippen molar-refractivity contribution in [1.82, 2.24) is 4.90 Å². The van der Waals surface area contributed by atoms with Gasteiger partial charge < -0.3 is 14.1 Å². The van der Waals surface area contributed by atoms with E-state index in [0.29, 0.717) is 43.7 Å². The summed E-state index contributed by atoms with van der Waals surface area (Å²) in [6.07, 6.45) is 5.15. The first-order chi connectivity index (χ1) is 15.9. The number of piperidine rings is 1. The molecule has 3 aromatic rings. The lowest BCUT2D eigenvalue weighted by Gasteiger charge is -2.30. The lowest BCUT2D eigenvalue weighted by atomic mass is 9.96. The molecule has 0 spiro atoms. The van der Waals surface area contributed by atoms with Crippen molar-refractivity contribution in [3.63, 3.8) is 0 Å². The Kier molecular flexibility index (Phi) is 6.73. The van der Waals surface area contributed by atoms with Crippen molar-refractivity contribution >= 4 is 28.9 Å². The molecular weight excluding hydrogens is 418 g/mol. The minimum Gasteiger partial charge on any atom is -0.426 e. The maximum absolute atomic E-state index is 12.9. The fourth-order valence-electron chi connectivity index (χ4n) is 4.13. The van der Waals surface area contributed by atoms with E-state index < -0.39 is 5.63 Å². The summed E-state index contributed by atoms with van der Waals surface area (Å²) < 4.78 is 11.1. The van der Waals surface area contributed by atoms with E-state index in [1.54, 1.807) is 23.1 Å². The van der Waals surface area contributed by atoms with Gasteiger partial charge in [0.25, 0.3) is 0 Å². The average Bonchev–Trinajstić information content (AvgIpc) is 2.82.